The minimum Gasteiger partial charge on any atom is -0.858 e. The molecule has 1 aliphatic rings. The number of rotatable bonds is 5. The zero-order valence-corrected chi connectivity index (χ0v) is 20.8. The van der Waals surface area contributed by atoms with Gasteiger partial charge < -0.3 is 5.11 Å². The number of imide groups is 1. The van der Waals surface area contributed by atoms with E-state index in [0.29, 0.717) is 28.5 Å². The number of carbonyl (C=O) groups is 2. The van der Waals surface area contributed by atoms with Crippen LogP contribution in [0.15, 0.2) is 73.1 Å². The highest BCUT2D eigenvalue weighted by Gasteiger charge is 2.47. The highest BCUT2D eigenvalue weighted by molar-refractivity contribution is 6.53. The van der Waals surface area contributed by atoms with Crippen LogP contribution in [0.3, 0.4) is 0 Å². The van der Waals surface area contributed by atoms with Crippen LogP contribution in [-0.4, -0.2) is 21.6 Å². The molecule has 1 aliphatic heterocycles. The van der Waals surface area contributed by atoms with Gasteiger partial charge >= 0.3 is 5.91 Å². The van der Waals surface area contributed by atoms with Crippen molar-refractivity contribution in [2.45, 2.75) is 27.2 Å². The summed E-state index contributed by atoms with van der Waals surface area (Å²) in [6.07, 6.45) is 3.82. The van der Waals surface area contributed by atoms with E-state index < -0.39 is 17.7 Å². The van der Waals surface area contributed by atoms with Gasteiger partial charge in [0.2, 0.25) is 0 Å². The summed E-state index contributed by atoms with van der Waals surface area (Å²) in [5, 5.41) is 18.7. The molecule has 2 amide bonds. The fourth-order valence-corrected chi connectivity index (χ4v) is 4.55. The van der Waals surface area contributed by atoms with Crippen molar-refractivity contribution in [1.29, 1.82) is 0 Å². The van der Waals surface area contributed by atoms with Crippen LogP contribution in [0.2, 0.25) is 5.02 Å². The fraction of sp³-hybridized carbons (Fsp3) is 0.143. The van der Waals surface area contributed by atoms with E-state index in [1.165, 1.54) is 4.68 Å². The minimum atomic E-state index is -0.564. The molecule has 0 N–H and O–H groups in total. The largest absolute Gasteiger partial charge is 0.858 e. The van der Waals surface area contributed by atoms with E-state index >= 15 is 0 Å². The minimum absolute atomic E-state index is 0.0329. The number of anilines is 1. The first-order chi connectivity index (χ1) is 17.3. The second-order valence-corrected chi connectivity index (χ2v) is 9.10. The summed E-state index contributed by atoms with van der Waals surface area (Å²) < 4.78 is 2.82. The standard InChI is InChI=1S/C28H23ClN4O3/c1-4-22-23(27(35)33(30-22)21-10-6-8-19(29)16-21)24-25(31-13-11-17(2)12-14-31)28(36)32(26(24)34)20-9-5-7-18(3)15-20/h5-16H,4H2,1-3H3. The molecule has 3 heterocycles. The molecule has 0 fully saturated rings. The van der Waals surface area contributed by atoms with E-state index in [2.05, 4.69) is 5.10 Å². The van der Waals surface area contributed by atoms with Gasteiger partial charge in [-0.15, -0.1) is 0 Å². The molecule has 0 saturated heterocycles. The van der Waals surface area contributed by atoms with Crippen molar-refractivity contribution in [3.63, 3.8) is 0 Å². The average molecular weight is 499 g/mol. The number of amides is 2. The summed E-state index contributed by atoms with van der Waals surface area (Å²) >= 11 is 6.15. The molecular weight excluding hydrogens is 476 g/mol. The smallest absolute Gasteiger partial charge is 0.331 e. The number of aromatic nitrogens is 3. The first-order valence-corrected chi connectivity index (χ1v) is 11.9. The van der Waals surface area contributed by atoms with Crippen molar-refractivity contribution in [2.24, 2.45) is 0 Å². The Hall–Kier alpha value is -4.23. The lowest BCUT2D eigenvalue weighted by Gasteiger charge is -2.16. The van der Waals surface area contributed by atoms with Gasteiger partial charge in [0.25, 0.3) is 11.6 Å². The zero-order valence-electron chi connectivity index (χ0n) is 20.0. The summed E-state index contributed by atoms with van der Waals surface area (Å²) in [7, 11) is 0. The van der Waals surface area contributed by atoms with Gasteiger partial charge in [-0.25, -0.2) is 9.58 Å². The molecular formula is C28H23ClN4O3. The third-order valence-electron chi connectivity index (χ3n) is 6.13. The monoisotopic (exact) mass is 498 g/mol. The van der Waals surface area contributed by atoms with Gasteiger partial charge in [-0.2, -0.15) is 9.67 Å². The lowest BCUT2D eigenvalue weighted by molar-refractivity contribution is -0.576. The van der Waals surface area contributed by atoms with Gasteiger partial charge in [-0.1, -0.05) is 36.7 Å². The summed E-state index contributed by atoms with van der Waals surface area (Å²) in [4.78, 5) is 28.9. The molecule has 4 aromatic rings. The van der Waals surface area contributed by atoms with Crippen molar-refractivity contribution in [3.05, 3.63) is 100 Å². The van der Waals surface area contributed by atoms with Crippen LogP contribution in [0.5, 0.6) is 5.88 Å². The predicted molar refractivity (Wildman–Crippen MR) is 136 cm³/mol. The lowest BCUT2D eigenvalue weighted by atomic mass is 10.0. The molecule has 0 spiro atoms. The molecule has 2 aromatic heterocycles. The molecule has 0 bridgehead atoms. The van der Waals surface area contributed by atoms with Gasteiger partial charge in [0.15, 0.2) is 12.4 Å². The van der Waals surface area contributed by atoms with Crippen molar-refractivity contribution in [3.8, 4) is 11.6 Å². The Morgan fingerprint density at radius 2 is 1.61 bits per heavy atom. The molecule has 8 heteroatoms. The lowest BCUT2D eigenvalue weighted by Crippen LogP contribution is -2.39. The Morgan fingerprint density at radius 3 is 2.28 bits per heavy atom. The molecule has 0 aliphatic carbocycles. The number of nitrogens with zero attached hydrogens (tertiary/aromatic N) is 4. The average Bonchev–Trinajstić information content (AvgIpc) is 3.31. The number of aryl methyl sites for hydroxylation is 3. The quantitative estimate of drug-likeness (QED) is 0.307. The van der Waals surface area contributed by atoms with E-state index in [0.717, 1.165) is 16.0 Å². The summed E-state index contributed by atoms with van der Waals surface area (Å²) in [5.41, 5.74) is 3.50. The first kappa shape index (κ1) is 23.5. The van der Waals surface area contributed by atoms with E-state index in [1.807, 2.05) is 39.0 Å². The fourth-order valence-electron chi connectivity index (χ4n) is 4.36. The Morgan fingerprint density at radius 1 is 0.917 bits per heavy atom. The molecule has 0 radical (unpaired) electrons. The van der Waals surface area contributed by atoms with E-state index in [4.69, 9.17) is 11.6 Å². The maximum atomic E-state index is 13.9. The predicted octanol–water partition coefficient (Wildman–Crippen LogP) is 4.01. The number of halogens is 1. The van der Waals surface area contributed by atoms with E-state index in [9.17, 15) is 14.7 Å². The van der Waals surface area contributed by atoms with Gasteiger partial charge in [0.1, 0.15) is 5.57 Å². The van der Waals surface area contributed by atoms with Gasteiger partial charge in [0, 0.05) is 22.7 Å². The highest BCUT2D eigenvalue weighted by atomic mass is 35.5. The summed E-state index contributed by atoms with van der Waals surface area (Å²) in [6, 6.07) is 17.6. The third-order valence-corrected chi connectivity index (χ3v) is 6.36. The van der Waals surface area contributed by atoms with E-state index in [1.54, 1.807) is 59.4 Å². The first-order valence-electron chi connectivity index (χ1n) is 11.5. The van der Waals surface area contributed by atoms with E-state index in [-0.39, 0.29) is 16.8 Å². The van der Waals surface area contributed by atoms with Crippen molar-refractivity contribution < 1.29 is 19.3 Å². The number of pyridine rings is 1. The van der Waals surface area contributed by atoms with Crippen molar-refractivity contribution in [2.75, 3.05) is 4.90 Å². The van der Waals surface area contributed by atoms with Gasteiger partial charge in [-0.05, 0) is 67.6 Å². The van der Waals surface area contributed by atoms with Crippen LogP contribution >= 0.6 is 11.6 Å². The number of hydrogen-bond acceptors (Lipinski definition) is 4. The molecule has 2 aromatic carbocycles. The normalized spacial score (nSPS) is 13.7. The maximum Gasteiger partial charge on any atom is 0.331 e. The maximum absolute atomic E-state index is 13.9. The third kappa shape index (κ3) is 3.87. The summed E-state index contributed by atoms with van der Waals surface area (Å²) in [6.45, 7) is 5.67. The van der Waals surface area contributed by atoms with Crippen LogP contribution in [0.25, 0.3) is 17.0 Å². The van der Waals surface area contributed by atoms with Crippen LogP contribution in [0, 0.1) is 13.8 Å². The second-order valence-electron chi connectivity index (χ2n) is 8.66. The van der Waals surface area contributed by atoms with Crippen LogP contribution in [0.1, 0.15) is 29.3 Å². The van der Waals surface area contributed by atoms with Gasteiger partial charge in [0.05, 0.1) is 17.1 Å². The SMILES string of the molecule is CCc1nn(-c2cccc(Cl)c2)c([O-])c1C1=C([n+]2ccc(C)cc2)C(=O)N(c2cccc(C)c2)C1=O. The van der Waals surface area contributed by atoms with Crippen molar-refractivity contribution >= 4 is 40.4 Å². The van der Waals surface area contributed by atoms with Gasteiger partial charge in [-0.3, -0.25) is 9.59 Å². The molecule has 0 atom stereocenters. The molecule has 180 valence electrons. The highest BCUT2D eigenvalue weighted by Crippen LogP contribution is 2.39. The molecule has 0 saturated carbocycles. The Balaban J connectivity index is 1.77. The Bertz CT molecular complexity index is 1550. The van der Waals surface area contributed by atoms with Crippen molar-refractivity contribution in [1.82, 2.24) is 9.78 Å². The summed E-state index contributed by atoms with van der Waals surface area (Å²) in [5.74, 6) is -1.56. The van der Waals surface area contributed by atoms with Crippen LogP contribution in [-0.2, 0) is 16.0 Å². The molecule has 36 heavy (non-hydrogen) atoms. The number of benzene rings is 2. The molecule has 7 nitrogen and oxygen atoms in total. The second kappa shape index (κ2) is 9.09. The number of hydrogen-bond donors (Lipinski definition) is 0. The Kier molecular flexibility index (Phi) is 5.94. The topological polar surface area (TPSA) is 82.1 Å². The van der Waals surface area contributed by atoms with Crippen LogP contribution < -0.4 is 14.6 Å². The molecule has 5 rings (SSSR count). The van der Waals surface area contributed by atoms with Crippen LogP contribution in [0.4, 0.5) is 5.69 Å². The Labute approximate surface area is 213 Å². The molecule has 0 unspecified atom stereocenters. The zero-order chi connectivity index (χ0) is 25.6. The number of carbonyl (C=O) groups excluding carboxylic acids is 2.